The summed E-state index contributed by atoms with van der Waals surface area (Å²) in [5.74, 6) is -4.84. The molecule has 18 atom stereocenters. The van der Waals surface area contributed by atoms with E-state index in [9.17, 15) is 34.5 Å². The van der Waals surface area contributed by atoms with Crippen molar-refractivity contribution in [2.45, 2.75) is 218 Å². The fourth-order valence-electron chi connectivity index (χ4n) is 10.1. The fourth-order valence-corrected chi connectivity index (χ4v) is 10.1. The Kier molecular flexibility index (Phi) is 22.2. The van der Waals surface area contributed by atoms with Crippen LogP contribution in [0.15, 0.2) is 0 Å². The molecule has 384 valence electrons. The molecule has 0 aromatic rings. The number of ketones is 1. The first-order chi connectivity index (χ1) is 30.8. The Hall–Kier alpha value is -2.52. The molecule has 3 fully saturated rings. The van der Waals surface area contributed by atoms with Crippen molar-refractivity contribution in [2.24, 2.45) is 23.7 Å². The van der Waals surface area contributed by atoms with E-state index >= 15 is 0 Å². The maximum absolute atomic E-state index is 14.5. The van der Waals surface area contributed by atoms with Crippen LogP contribution in [0.4, 0.5) is 4.79 Å². The third-order valence-corrected chi connectivity index (χ3v) is 14.4. The number of unbranched alkanes of at least 4 members (excludes halogenated alkanes) is 2. The Balaban J connectivity index is 2.03. The number of cyclic esters (lactones) is 1. The summed E-state index contributed by atoms with van der Waals surface area (Å²) >= 11 is 0. The van der Waals surface area contributed by atoms with Gasteiger partial charge in [0.2, 0.25) is 5.91 Å². The number of aliphatic hydroxyl groups is 3. The number of likely N-dealkylation sites (N-methyl/N-ethyl adjacent to an activating group) is 1. The highest BCUT2D eigenvalue weighted by atomic mass is 16.7. The molecule has 0 radical (unpaired) electrons. The quantitative estimate of drug-likeness (QED) is 0.101. The van der Waals surface area contributed by atoms with E-state index in [1.54, 1.807) is 48.5 Å². The normalized spacial score (nSPS) is 40.9. The van der Waals surface area contributed by atoms with Gasteiger partial charge in [0.15, 0.2) is 18.7 Å². The van der Waals surface area contributed by atoms with E-state index in [0.717, 1.165) is 19.3 Å². The lowest BCUT2D eigenvalue weighted by molar-refractivity contribution is -0.319. The van der Waals surface area contributed by atoms with Gasteiger partial charge in [-0.25, -0.2) is 4.79 Å². The number of alkyl carbamates (subject to hydrolysis) is 1. The molecule has 0 aromatic heterocycles. The molecular weight excluding hydrogens is 859 g/mol. The van der Waals surface area contributed by atoms with Crippen molar-refractivity contribution in [3.8, 4) is 0 Å². The van der Waals surface area contributed by atoms with Crippen molar-refractivity contribution in [3.05, 3.63) is 0 Å². The SMILES string of the molecule is CCCCCNC(=O)CCCNC(=O)O[C@H]1[C@H](C)O[C@@H](O[C@H]2[C@H](C)[C@@H](O[C@@H]3O[C@H](C)C[C@H](N(C)C)[C@H]3O)[C@](C)(OC)C[C@@H](C)C(=O)[C@H](C)[C@@H](O)[C@](C)(O)[C@@H](CC)OC(=O)[C@@H]2C)C[C@@]1(C)OC. The lowest BCUT2D eigenvalue weighted by Crippen LogP contribution is -2.62. The van der Waals surface area contributed by atoms with Crippen LogP contribution in [0.3, 0.4) is 0 Å². The monoisotopic (exact) mass is 946 g/mol. The van der Waals surface area contributed by atoms with Crippen molar-refractivity contribution in [2.75, 3.05) is 41.4 Å². The average molecular weight is 946 g/mol. The molecule has 3 rings (SSSR count). The van der Waals surface area contributed by atoms with Crippen LogP contribution in [0.25, 0.3) is 0 Å². The standard InChI is InChI=1S/C48H87N3O15/c1-16-18-19-22-49-35(52)21-20-23-50-45(57)66-42-32(8)62-36(26-47(42,10)60-15)64-39-30(6)41(65-44-38(54)33(51(12)13)24-28(4)61-44)46(9,59-14)25-27(3)37(53)29(5)40(55)48(11,58)34(17-2)63-43(56)31(39)7/h27-34,36,38-42,44,54-55,58H,16-26H2,1-15H3,(H,49,52)(H,50,57)/t27-,28-,29+,30+,31-,32+,33+,34-,36+,38-,39+,40-,41-,42+,44+,46-,47-,48-/m1/s1. The number of hydrogen-bond acceptors (Lipinski definition) is 16. The van der Waals surface area contributed by atoms with Crippen molar-refractivity contribution >= 4 is 23.8 Å². The van der Waals surface area contributed by atoms with Crippen molar-refractivity contribution in [1.82, 2.24) is 15.5 Å². The minimum atomic E-state index is -2.01. The molecule has 3 heterocycles. The van der Waals surface area contributed by atoms with Crippen LogP contribution >= 0.6 is 0 Å². The maximum Gasteiger partial charge on any atom is 0.407 e. The number of nitrogens with one attached hydrogen (secondary N) is 2. The molecule has 3 aliphatic heterocycles. The number of hydrogen-bond donors (Lipinski definition) is 5. The molecule has 66 heavy (non-hydrogen) atoms. The molecule has 2 amide bonds. The number of aliphatic hydroxyl groups excluding tert-OH is 2. The Labute approximate surface area is 394 Å². The summed E-state index contributed by atoms with van der Waals surface area (Å²) in [6.45, 7) is 19.9. The molecule has 0 aliphatic carbocycles. The van der Waals surface area contributed by atoms with Gasteiger partial charge in [0, 0.05) is 63.9 Å². The van der Waals surface area contributed by atoms with Gasteiger partial charge in [0.25, 0.3) is 0 Å². The molecule has 0 unspecified atom stereocenters. The summed E-state index contributed by atoms with van der Waals surface area (Å²) in [6, 6.07) is -0.323. The maximum atomic E-state index is 14.5. The van der Waals surface area contributed by atoms with E-state index in [2.05, 4.69) is 17.6 Å². The Morgan fingerprint density at radius 3 is 2.05 bits per heavy atom. The van der Waals surface area contributed by atoms with Crippen LogP contribution < -0.4 is 10.6 Å². The second-order valence-electron chi connectivity index (χ2n) is 20.1. The summed E-state index contributed by atoms with van der Waals surface area (Å²) < 4.78 is 50.8. The molecule has 3 aliphatic rings. The smallest absolute Gasteiger partial charge is 0.407 e. The van der Waals surface area contributed by atoms with Gasteiger partial charge in [-0.05, 0) is 87.7 Å². The number of rotatable bonds is 17. The number of esters is 1. The second kappa shape index (κ2) is 25.4. The Bertz CT molecular complexity index is 1550. The summed E-state index contributed by atoms with van der Waals surface area (Å²) in [7, 11) is 6.72. The molecule has 0 saturated carbocycles. The molecule has 0 aromatic carbocycles. The minimum absolute atomic E-state index is 0.0381. The molecular formula is C48H87N3O15. The summed E-state index contributed by atoms with van der Waals surface area (Å²) in [6.07, 6.45) is -6.47. The van der Waals surface area contributed by atoms with Crippen molar-refractivity contribution in [1.29, 1.82) is 0 Å². The lowest BCUT2D eigenvalue weighted by Gasteiger charge is -2.50. The third-order valence-electron chi connectivity index (χ3n) is 14.4. The zero-order chi connectivity index (χ0) is 49.9. The van der Waals surface area contributed by atoms with Gasteiger partial charge in [-0.15, -0.1) is 0 Å². The third kappa shape index (κ3) is 14.5. The molecule has 0 bridgehead atoms. The largest absolute Gasteiger partial charge is 0.459 e. The number of methoxy groups -OCH3 is 2. The topological polar surface area (TPSA) is 230 Å². The first-order valence-electron chi connectivity index (χ1n) is 24.2. The van der Waals surface area contributed by atoms with Crippen molar-refractivity contribution in [3.63, 3.8) is 0 Å². The summed E-state index contributed by atoms with van der Waals surface area (Å²) in [5, 5.41) is 40.7. The van der Waals surface area contributed by atoms with Gasteiger partial charge in [-0.2, -0.15) is 0 Å². The van der Waals surface area contributed by atoms with Gasteiger partial charge < -0.3 is 68.7 Å². The predicted molar refractivity (Wildman–Crippen MR) is 245 cm³/mol. The van der Waals surface area contributed by atoms with E-state index < -0.39 is 108 Å². The summed E-state index contributed by atoms with van der Waals surface area (Å²) in [4.78, 5) is 55.9. The number of carbonyl (C=O) groups is 4. The zero-order valence-corrected chi connectivity index (χ0v) is 42.6. The van der Waals surface area contributed by atoms with Gasteiger partial charge in [0.1, 0.15) is 29.2 Å². The Morgan fingerprint density at radius 2 is 1.45 bits per heavy atom. The zero-order valence-electron chi connectivity index (χ0n) is 42.6. The number of amides is 2. The van der Waals surface area contributed by atoms with Gasteiger partial charge in [-0.1, -0.05) is 47.5 Å². The highest BCUT2D eigenvalue weighted by Crippen LogP contribution is 2.42. The summed E-state index contributed by atoms with van der Waals surface area (Å²) in [5.41, 5.74) is -4.48. The van der Waals surface area contributed by atoms with Gasteiger partial charge in [0.05, 0.1) is 42.0 Å². The highest BCUT2D eigenvalue weighted by Gasteiger charge is 2.55. The van der Waals surface area contributed by atoms with E-state index in [0.29, 0.717) is 19.4 Å². The van der Waals surface area contributed by atoms with Crippen LogP contribution in [-0.2, 0) is 52.3 Å². The molecule has 0 spiro atoms. The minimum Gasteiger partial charge on any atom is -0.459 e. The second-order valence-corrected chi connectivity index (χ2v) is 20.1. The van der Waals surface area contributed by atoms with E-state index in [-0.39, 0.29) is 56.1 Å². The first kappa shape index (κ1) is 57.8. The number of carbonyl (C=O) groups excluding carboxylic acids is 4. The molecule has 18 nitrogen and oxygen atoms in total. The van der Waals surface area contributed by atoms with Crippen LogP contribution in [0.2, 0.25) is 0 Å². The lowest BCUT2D eigenvalue weighted by atomic mass is 9.74. The van der Waals surface area contributed by atoms with Crippen LogP contribution in [0, 0.1) is 23.7 Å². The van der Waals surface area contributed by atoms with Crippen LogP contribution in [0.5, 0.6) is 0 Å². The van der Waals surface area contributed by atoms with E-state index in [4.69, 9.17) is 37.9 Å². The van der Waals surface area contributed by atoms with E-state index in [1.165, 1.54) is 21.1 Å². The average Bonchev–Trinajstić information content (AvgIpc) is 3.26. The predicted octanol–water partition coefficient (Wildman–Crippen LogP) is 4.26. The molecule has 3 saturated heterocycles. The van der Waals surface area contributed by atoms with Gasteiger partial charge in [-0.3, -0.25) is 14.4 Å². The van der Waals surface area contributed by atoms with Crippen LogP contribution in [-0.4, -0.2) is 170 Å². The Morgan fingerprint density at radius 1 is 0.833 bits per heavy atom. The fraction of sp³-hybridized carbons (Fsp3) is 0.917. The number of ether oxygens (including phenoxy) is 8. The van der Waals surface area contributed by atoms with Crippen LogP contribution in [0.1, 0.15) is 134 Å². The number of Topliss-reactive ketones (excluding diaryl/α,β-unsaturated/α-hetero) is 1. The first-order valence-corrected chi connectivity index (χ1v) is 24.2. The van der Waals surface area contributed by atoms with E-state index in [1.807, 2.05) is 32.8 Å². The van der Waals surface area contributed by atoms with Crippen molar-refractivity contribution < 1.29 is 72.4 Å². The number of nitrogens with zero attached hydrogens (tertiary/aromatic N) is 1. The molecule has 18 heteroatoms. The highest BCUT2D eigenvalue weighted by molar-refractivity contribution is 5.83. The molecule has 5 N–H and O–H groups in total. The van der Waals surface area contributed by atoms with Gasteiger partial charge >= 0.3 is 12.1 Å².